The van der Waals surface area contributed by atoms with Gasteiger partial charge in [0, 0.05) is 43.4 Å². The zero-order chi connectivity index (χ0) is 12.5. The van der Waals surface area contributed by atoms with Crippen molar-refractivity contribution in [2.45, 2.75) is 6.04 Å². The van der Waals surface area contributed by atoms with Gasteiger partial charge in [-0.15, -0.1) is 0 Å². The number of carbonyl (C=O) groups excluding carboxylic acids is 1. The lowest BCUT2D eigenvalue weighted by Crippen LogP contribution is -2.64. The second-order valence-corrected chi connectivity index (χ2v) is 5.16. The van der Waals surface area contributed by atoms with Crippen LogP contribution in [0.1, 0.15) is 0 Å². The minimum absolute atomic E-state index is 0.0218. The van der Waals surface area contributed by atoms with Crippen LogP contribution in [-0.2, 0) is 4.79 Å². The maximum absolute atomic E-state index is 12.5. The first-order chi connectivity index (χ1) is 8.75. The topological polar surface area (TPSA) is 35.6 Å². The van der Waals surface area contributed by atoms with Crippen LogP contribution in [0.3, 0.4) is 0 Å². The van der Waals surface area contributed by atoms with Crippen molar-refractivity contribution in [2.75, 3.05) is 37.6 Å². The van der Waals surface area contributed by atoms with E-state index in [9.17, 15) is 4.79 Å². The molecule has 4 nitrogen and oxygen atoms in total. The number of halogens is 1. The Balaban J connectivity index is 1.84. The molecule has 1 amide bonds. The van der Waals surface area contributed by atoms with E-state index in [-0.39, 0.29) is 11.9 Å². The first kappa shape index (κ1) is 12.0. The van der Waals surface area contributed by atoms with Crippen molar-refractivity contribution in [3.63, 3.8) is 0 Å². The van der Waals surface area contributed by atoms with Gasteiger partial charge in [0.25, 0.3) is 0 Å². The summed E-state index contributed by atoms with van der Waals surface area (Å²) in [6.45, 7) is 4.36. The molecule has 1 aromatic carbocycles. The average molecular weight is 266 g/mol. The van der Waals surface area contributed by atoms with Crippen molar-refractivity contribution < 1.29 is 4.79 Å². The Labute approximate surface area is 112 Å². The van der Waals surface area contributed by atoms with Crippen LogP contribution >= 0.6 is 11.6 Å². The highest BCUT2D eigenvalue weighted by molar-refractivity contribution is 6.30. The van der Waals surface area contributed by atoms with E-state index in [1.165, 1.54) is 0 Å². The van der Waals surface area contributed by atoms with Gasteiger partial charge < -0.3 is 10.2 Å². The fraction of sp³-hybridized carbons (Fsp3) is 0.462. The first-order valence-electron chi connectivity index (χ1n) is 6.27. The minimum atomic E-state index is -0.0218. The quantitative estimate of drug-likeness (QED) is 0.822. The predicted molar refractivity (Wildman–Crippen MR) is 72.0 cm³/mol. The summed E-state index contributed by atoms with van der Waals surface area (Å²) in [4.78, 5) is 16.6. The molecule has 0 radical (unpaired) electrons. The molecule has 1 atom stereocenters. The van der Waals surface area contributed by atoms with Gasteiger partial charge in [-0.3, -0.25) is 9.69 Å². The van der Waals surface area contributed by atoms with E-state index in [1.54, 1.807) is 0 Å². The molecule has 18 heavy (non-hydrogen) atoms. The molecule has 3 rings (SSSR count). The third kappa shape index (κ3) is 2.11. The summed E-state index contributed by atoms with van der Waals surface area (Å²) in [6.07, 6.45) is 0. The molecule has 2 aliphatic heterocycles. The second-order valence-electron chi connectivity index (χ2n) is 4.73. The van der Waals surface area contributed by atoms with Crippen LogP contribution in [0, 0.1) is 0 Å². The zero-order valence-electron chi connectivity index (χ0n) is 10.1. The van der Waals surface area contributed by atoms with E-state index < -0.39 is 0 Å². The van der Waals surface area contributed by atoms with E-state index >= 15 is 0 Å². The van der Waals surface area contributed by atoms with Crippen LogP contribution in [0.15, 0.2) is 24.3 Å². The summed E-state index contributed by atoms with van der Waals surface area (Å²) in [5, 5.41) is 3.95. The van der Waals surface area contributed by atoms with E-state index in [1.807, 2.05) is 29.2 Å². The van der Waals surface area contributed by atoms with E-state index in [2.05, 4.69) is 10.2 Å². The second kappa shape index (κ2) is 4.88. The van der Waals surface area contributed by atoms with Crippen molar-refractivity contribution in [3.8, 4) is 0 Å². The third-order valence-corrected chi connectivity index (χ3v) is 3.87. The summed E-state index contributed by atoms with van der Waals surface area (Å²) in [6, 6.07) is 7.48. The minimum Gasteiger partial charge on any atom is -0.313 e. The third-order valence-electron chi connectivity index (χ3n) is 3.64. The Morgan fingerprint density at radius 1 is 1.28 bits per heavy atom. The number of benzene rings is 1. The highest BCUT2D eigenvalue weighted by atomic mass is 35.5. The maximum Gasteiger partial charge on any atom is 0.245 e. The zero-order valence-corrected chi connectivity index (χ0v) is 10.9. The number of fused-ring (bicyclic) bond motifs is 1. The van der Waals surface area contributed by atoms with Gasteiger partial charge in [-0.2, -0.15) is 0 Å². The number of rotatable bonds is 1. The molecule has 1 unspecified atom stereocenters. The molecule has 0 aliphatic carbocycles. The smallest absolute Gasteiger partial charge is 0.245 e. The Morgan fingerprint density at radius 2 is 2.17 bits per heavy atom. The Kier molecular flexibility index (Phi) is 3.24. The maximum atomic E-state index is 12.5. The summed E-state index contributed by atoms with van der Waals surface area (Å²) >= 11 is 5.99. The lowest BCUT2D eigenvalue weighted by Gasteiger charge is -2.43. The number of anilines is 1. The van der Waals surface area contributed by atoms with E-state index in [4.69, 9.17) is 11.6 Å². The van der Waals surface area contributed by atoms with Crippen LogP contribution in [0.5, 0.6) is 0 Å². The number of piperazine rings is 2. The normalized spacial score (nSPS) is 25.1. The Hall–Kier alpha value is -1.10. The molecule has 5 heteroatoms. The summed E-state index contributed by atoms with van der Waals surface area (Å²) in [7, 11) is 0. The SMILES string of the molecule is O=C1C2CNCCN2CCN1c1cccc(Cl)c1. The highest BCUT2D eigenvalue weighted by Crippen LogP contribution is 2.23. The van der Waals surface area contributed by atoms with Crippen LogP contribution < -0.4 is 10.2 Å². The molecule has 0 spiro atoms. The van der Waals surface area contributed by atoms with E-state index in [0.717, 1.165) is 38.4 Å². The first-order valence-corrected chi connectivity index (χ1v) is 6.65. The highest BCUT2D eigenvalue weighted by Gasteiger charge is 2.36. The van der Waals surface area contributed by atoms with Gasteiger partial charge in [0.1, 0.15) is 6.04 Å². The number of nitrogens with one attached hydrogen (secondary N) is 1. The van der Waals surface area contributed by atoms with Crippen molar-refractivity contribution in [1.29, 1.82) is 0 Å². The van der Waals surface area contributed by atoms with Gasteiger partial charge in [0.2, 0.25) is 5.91 Å². The van der Waals surface area contributed by atoms with E-state index in [0.29, 0.717) is 5.02 Å². The molecule has 1 aromatic rings. The van der Waals surface area contributed by atoms with Gasteiger partial charge in [-0.1, -0.05) is 17.7 Å². The Bertz CT molecular complexity index is 465. The van der Waals surface area contributed by atoms with Crippen LogP contribution in [0.25, 0.3) is 0 Å². The number of carbonyl (C=O) groups is 1. The largest absolute Gasteiger partial charge is 0.313 e. The molecule has 96 valence electrons. The van der Waals surface area contributed by atoms with Gasteiger partial charge in [0.15, 0.2) is 0 Å². The van der Waals surface area contributed by atoms with Gasteiger partial charge >= 0.3 is 0 Å². The standard InChI is InChI=1S/C13H16ClN3O/c14-10-2-1-3-11(8-10)17-7-6-16-5-4-15-9-12(16)13(17)18/h1-3,8,12,15H,4-7,9H2. The molecular weight excluding hydrogens is 250 g/mol. The lowest BCUT2D eigenvalue weighted by molar-refractivity contribution is -0.126. The lowest BCUT2D eigenvalue weighted by atomic mass is 10.1. The van der Waals surface area contributed by atoms with Crippen LogP contribution in [0.2, 0.25) is 5.02 Å². The number of hydrogen-bond acceptors (Lipinski definition) is 3. The Morgan fingerprint density at radius 3 is 3.00 bits per heavy atom. The van der Waals surface area contributed by atoms with Crippen molar-refractivity contribution >= 4 is 23.2 Å². The predicted octanol–water partition coefficient (Wildman–Crippen LogP) is 0.960. The number of amides is 1. The summed E-state index contributed by atoms with van der Waals surface area (Å²) in [5.74, 6) is 0.177. The molecular formula is C13H16ClN3O. The molecule has 0 bridgehead atoms. The molecule has 0 aromatic heterocycles. The van der Waals surface area contributed by atoms with Crippen molar-refractivity contribution in [2.24, 2.45) is 0 Å². The van der Waals surface area contributed by atoms with Crippen LogP contribution in [-0.4, -0.2) is 49.6 Å². The molecule has 2 aliphatic rings. The molecule has 2 saturated heterocycles. The molecule has 2 fully saturated rings. The molecule has 2 heterocycles. The monoisotopic (exact) mass is 265 g/mol. The molecule has 1 N–H and O–H groups in total. The van der Waals surface area contributed by atoms with Crippen molar-refractivity contribution in [3.05, 3.63) is 29.3 Å². The van der Waals surface area contributed by atoms with Crippen molar-refractivity contribution in [1.82, 2.24) is 10.2 Å². The molecule has 0 saturated carbocycles. The number of hydrogen-bond donors (Lipinski definition) is 1. The fourth-order valence-electron chi connectivity index (χ4n) is 2.68. The summed E-state index contributed by atoms with van der Waals surface area (Å²) in [5.41, 5.74) is 0.901. The average Bonchev–Trinajstić information content (AvgIpc) is 2.39. The van der Waals surface area contributed by atoms with Crippen LogP contribution in [0.4, 0.5) is 5.69 Å². The fourth-order valence-corrected chi connectivity index (χ4v) is 2.86. The van der Waals surface area contributed by atoms with Gasteiger partial charge in [0.05, 0.1) is 0 Å². The van der Waals surface area contributed by atoms with Gasteiger partial charge in [-0.05, 0) is 18.2 Å². The summed E-state index contributed by atoms with van der Waals surface area (Å²) < 4.78 is 0. The number of nitrogens with zero attached hydrogens (tertiary/aromatic N) is 2. The van der Waals surface area contributed by atoms with Gasteiger partial charge in [-0.25, -0.2) is 0 Å².